The van der Waals surface area contributed by atoms with Gasteiger partial charge in [0, 0.05) is 6.42 Å². The van der Waals surface area contributed by atoms with Crippen molar-refractivity contribution < 1.29 is 24.8 Å². The molecular weight excluding hydrogens is 440 g/mol. The third-order valence-corrected chi connectivity index (χ3v) is 11.8. The molecular formula is C30H52O5. The summed E-state index contributed by atoms with van der Waals surface area (Å²) in [7, 11) is 0. The minimum absolute atomic E-state index is 0.00611. The maximum Gasteiger partial charge on any atom is 0.163 e. The van der Waals surface area contributed by atoms with E-state index in [0.29, 0.717) is 36.0 Å². The lowest BCUT2D eigenvalue weighted by molar-refractivity contribution is -0.176. The monoisotopic (exact) mass is 492 g/mol. The fourth-order valence-electron chi connectivity index (χ4n) is 10.4. The van der Waals surface area contributed by atoms with Crippen LogP contribution in [0.15, 0.2) is 0 Å². The largest absolute Gasteiger partial charge is 0.393 e. The molecule has 4 aliphatic carbocycles. The van der Waals surface area contributed by atoms with Gasteiger partial charge in [-0.3, -0.25) is 0 Å². The highest BCUT2D eigenvalue weighted by Gasteiger charge is 2.63. The Balaban J connectivity index is 1.37. The first-order valence-electron chi connectivity index (χ1n) is 14.6. The molecule has 1 heterocycles. The number of hydrogen-bond acceptors (Lipinski definition) is 5. The molecule has 3 N–H and O–H groups in total. The Hall–Kier alpha value is -0.200. The number of aliphatic hydroxyl groups is 3. The van der Waals surface area contributed by atoms with Crippen LogP contribution >= 0.6 is 0 Å². The van der Waals surface area contributed by atoms with E-state index in [-0.39, 0.29) is 41.2 Å². The molecule has 0 aromatic carbocycles. The van der Waals surface area contributed by atoms with Crippen LogP contribution in [0.25, 0.3) is 0 Å². The van der Waals surface area contributed by atoms with Crippen LogP contribution in [0.5, 0.6) is 0 Å². The molecule has 4 saturated carbocycles. The van der Waals surface area contributed by atoms with Crippen molar-refractivity contribution in [2.45, 2.75) is 142 Å². The van der Waals surface area contributed by atoms with E-state index >= 15 is 0 Å². The van der Waals surface area contributed by atoms with E-state index in [4.69, 9.17) is 9.47 Å². The molecule has 5 nitrogen and oxygen atoms in total. The van der Waals surface area contributed by atoms with Gasteiger partial charge >= 0.3 is 0 Å². The number of rotatable bonds is 4. The Morgan fingerprint density at radius 1 is 0.857 bits per heavy atom. The lowest BCUT2D eigenvalue weighted by Gasteiger charge is -2.62. The average Bonchev–Trinajstić information content (AvgIpc) is 3.23. The van der Waals surface area contributed by atoms with Gasteiger partial charge in [-0.15, -0.1) is 0 Å². The topological polar surface area (TPSA) is 79.2 Å². The summed E-state index contributed by atoms with van der Waals surface area (Å²) in [5, 5.41) is 32.2. The molecule has 0 unspecified atom stereocenters. The zero-order chi connectivity index (χ0) is 25.6. The van der Waals surface area contributed by atoms with E-state index in [0.717, 1.165) is 25.7 Å². The highest BCUT2D eigenvalue weighted by molar-refractivity contribution is 5.12. The van der Waals surface area contributed by atoms with Gasteiger partial charge in [0.05, 0.1) is 30.0 Å². The summed E-state index contributed by atoms with van der Waals surface area (Å²) in [6, 6.07) is 0. The predicted octanol–water partition coefficient (Wildman–Crippen LogP) is 5.29. The molecule has 5 fully saturated rings. The van der Waals surface area contributed by atoms with Gasteiger partial charge in [0.25, 0.3) is 0 Å². The van der Waals surface area contributed by atoms with Gasteiger partial charge in [0.2, 0.25) is 0 Å². The van der Waals surface area contributed by atoms with Crippen LogP contribution in [0.4, 0.5) is 0 Å². The minimum atomic E-state index is -0.787. The quantitative estimate of drug-likeness (QED) is 0.497. The number of hydrogen-bond donors (Lipinski definition) is 3. The van der Waals surface area contributed by atoms with Crippen LogP contribution in [-0.2, 0) is 9.47 Å². The summed E-state index contributed by atoms with van der Waals surface area (Å²) in [6.45, 7) is 15.1. The maximum atomic E-state index is 11.3. The third-order valence-electron chi connectivity index (χ3n) is 11.8. The normalized spacial score (nSPS) is 52.5. The Bertz CT molecular complexity index is 790. The van der Waals surface area contributed by atoms with Crippen molar-refractivity contribution >= 4 is 0 Å². The third kappa shape index (κ3) is 4.43. The second-order valence-electron chi connectivity index (χ2n) is 15.0. The van der Waals surface area contributed by atoms with Crippen LogP contribution in [0, 0.1) is 46.3 Å². The van der Waals surface area contributed by atoms with E-state index in [1.54, 1.807) is 0 Å². The molecule has 5 heteroatoms. The Morgan fingerprint density at radius 3 is 2.20 bits per heavy atom. The van der Waals surface area contributed by atoms with Crippen LogP contribution in [0.1, 0.15) is 106 Å². The standard InChI is InChI=1S/C30H52O5/c1-17(26-25(16-27(2,3)33)34-28(4,5)35-26)20-8-9-21-19-15-24(32)23-14-18(31)10-12-30(23,7)22(19)11-13-29(20,21)6/h17-26,31-33H,8-16H2,1-7H3/t17-,18+,19-,20+,21-,22-,23-,24-,25+,26+,29+,30+/m0/s1. The van der Waals surface area contributed by atoms with Crippen molar-refractivity contribution in [3.05, 3.63) is 0 Å². The summed E-state index contributed by atoms with van der Waals surface area (Å²) in [5.41, 5.74) is -0.367. The molecule has 202 valence electrons. The van der Waals surface area contributed by atoms with Crippen LogP contribution < -0.4 is 0 Å². The van der Waals surface area contributed by atoms with Gasteiger partial charge in [-0.2, -0.15) is 0 Å². The van der Waals surface area contributed by atoms with Gasteiger partial charge in [-0.1, -0.05) is 20.8 Å². The molecule has 12 atom stereocenters. The van der Waals surface area contributed by atoms with E-state index in [9.17, 15) is 15.3 Å². The molecule has 0 aromatic rings. The van der Waals surface area contributed by atoms with Crippen LogP contribution in [0.2, 0.25) is 0 Å². The molecule has 1 saturated heterocycles. The lowest BCUT2D eigenvalue weighted by Crippen LogP contribution is -2.58. The molecule has 0 amide bonds. The molecule has 0 radical (unpaired) electrons. The Kier molecular flexibility index (Phi) is 6.53. The molecule has 0 bridgehead atoms. The zero-order valence-corrected chi connectivity index (χ0v) is 23.3. The second-order valence-corrected chi connectivity index (χ2v) is 15.0. The fraction of sp³-hybridized carbons (Fsp3) is 1.00. The van der Waals surface area contributed by atoms with Crippen molar-refractivity contribution in [2.75, 3.05) is 0 Å². The highest BCUT2D eigenvalue weighted by Crippen LogP contribution is 2.68. The molecule has 5 aliphatic rings. The summed E-state index contributed by atoms with van der Waals surface area (Å²) in [5.74, 6) is 2.46. The number of ether oxygens (including phenoxy) is 2. The van der Waals surface area contributed by atoms with Gasteiger partial charge in [-0.25, -0.2) is 0 Å². The molecule has 1 aliphatic heterocycles. The van der Waals surface area contributed by atoms with Gasteiger partial charge < -0.3 is 24.8 Å². The summed E-state index contributed by atoms with van der Waals surface area (Å²) < 4.78 is 12.9. The minimum Gasteiger partial charge on any atom is -0.393 e. The SMILES string of the molecule is C[C@H]([C@H]1OC(C)(C)O[C@@H]1CC(C)(C)O)[C@H]1CC[C@H]2[C@@H]3C[C@H](O)[C@@H]4C[C@H](O)CC[C@]4(C)[C@H]3CC[C@]12C. The van der Waals surface area contributed by atoms with Crippen molar-refractivity contribution in [1.82, 2.24) is 0 Å². The van der Waals surface area contributed by atoms with Crippen LogP contribution in [0.3, 0.4) is 0 Å². The molecule has 35 heavy (non-hydrogen) atoms. The van der Waals surface area contributed by atoms with Gasteiger partial charge in [-0.05, 0) is 125 Å². The first-order chi connectivity index (χ1) is 16.1. The Morgan fingerprint density at radius 2 is 1.51 bits per heavy atom. The van der Waals surface area contributed by atoms with Crippen LogP contribution in [-0.4, -0.2) is 51.1 Å². The van der Waals surface area contributed by atoms with Gasteiger partial charge in [0.1, 0.15) is 0 Å². The maximum absolute atomic E-state index is 11.3. The molecule has 0 spiro atoms. The highest BCUT2D eigenvalue weighted by atomic mass is 16.8. The summed E-state index contributed by atoms with van der Waals surface area (Å²) >= 11 is 0. The fourth-order valence-corrected chi connectivity index (χ4v) is 10.4. The number of aliphatic hydroxyl groups excluding tert-OH is 2. The molecule has 0 aromatic heterocycles. The lowest BCUT2D eigenvalue weighted by atomic mass is 9.43. The van der Waals surface area contributed by atoms with E-state index < -0.39 is 11.4 Å². The van der Waals surface area contributed by atoms with E-state index in [1.165, 1.54) is 25.7 Å². The zero-order valence-electron chi connectivity index (χ0n) is 23.3. The van der Waals surface area contributed by atoms with E-state index in [1.807, 2.05) is 27.7 Å². The Labute approximate surface area is 213 Å². The van der Waals surface area contributed by atoms with Crippen molar-refractivity contribution in [3.8, 4) is 0 Å². The first-order valence-corrected chi connectivity index (χ1v) is 14.6. The number of fused-ring (bicyclic) bond motifs is 5. The smallest absolute Gasteiger partial charge is 0.163 e. The second kappa shape index (κ2) is 8.66. The molecule has 5 rings (SSSR count). The first kappa shape index (κ1) is 26.4. The van der Waals surface area contributed by atoms with Crippen molar-refractivity contribution in [2.24, 2.45) is 46.3 Å². The summed E-state index contributed by atoms with van der Waals surface area (Å²) in [6.07, 6.45) is 8.57. The summed E-state index contributed by atoms with van der Waals surface area (Å²) in [4.78, 5) is 0. The average molecular weight is 493 g/mol. The van der Waals surface area contributed by atoms with Gasteiger partial charge in [0.15, 0.2) is 5.79 Å². The van der Waals surface area contributed by atoms with Crippen molar-refractivity contribution in [3.63, 3.8) is 0 Å². The van der Waals surface area contributed by atoms with Crippen molar-refractivity contribution in [1.29, 1.82) is 0 Å². The van der Waals surface area contributed by atoms with E-state index in [2.05, 4.69) is 20.8 Å². The predicted molar refractivity (Wildman–Crippen MR) is 137 cm³/mol.